The molecule has 0 aliphatic carbocycles. The number of nitrogens with one attached hydrogen (secondary N) is 2. The van der Waals surface area contributed by atoms with Crippen LogP contribution in [-0.4, -0.2) is 38.2 Å². The van der Waals surface area contributed by atoms with Crippen LogP contribution < -0.4 is 20.4 Å². The second-order valence-corrected chi connectivity index (χ2v) is 6.99. The zero-order valence-electron chi connectivity index (χ0n) is 17.7. The molecule has 2 aromatic carbocycles. The third-order valence-corrected chi connectivity index (χ3v) is 4.92. The van der Waals surface area contributed by atoms with Crippen molar-refractivity contribution < 1.29 is 14.3 Å². The van der Waals surface area contributed by atoms with Crippen LogP contribution in [0.5, 0.6) is 5.75 Å². The molecular weight excluding hydrogens is 404 g/mol. The summed E-state index contributed by atoms with van der Waals surface area (Å²) in [6, 6.07) is 10.9. The van der Waals surface area contributed by atoms with E-state index in [9.17, 15) is 9.59 Å². The Hall–Kier alpha value is -3.06. The van der Waals surface area contributed by atoms with Gasteiger partial charge in [0.2, 0.25) is 11.8 Å². The number of rotatable bonds is 9. The summed E-state index contributed by atoms with van der Waals surface area (Å²) >= 11 is 6.04. The molecule has 30 heavy (non-hydrogen) atoms. The molecule has 0 fully saturated rings. The number of benzene rings is 2. The van der Waals surface area contributed by atoms with Crippen molar-refractivity contribution in [2.45, 2.75) is 27.2 Å². The average Bonchev–Trinajstić information content (AvgIpc) is 2.72. The number of carbonyl (C=O) groups excluding carboxylic acids is 2. The normalized spacial score (nSPS) is 10.7. The maximum Gasteiger partial charge on any atom is 0.249 e. The highest BCUT2D eigenvalue weighted by molar-refractivity contribution is 6.31. The molecule has 0 unspecified atom stereocenters. The van der Waals surface area contributed by atoms with Crippen molar-refractivity contribution in [3.8, 4) is 5.75 Å². The lowest BCUT2D eigenvalue weighted by Gasteiger charge is -2.21. The van der Waals surface area contributed by atoms with Gasteiger partial charge in [-0.15, -0.1) is 0 Å². The fourth-order valence-electron chi connectivity index (χ4n) is 2.83. The van der Waals surface area contributed by atoms with Crippen molar-refractivity contribution in [2.24, 2.45) is 5.10 Å². The Bertz CT molecular complexity index is 927. The topological polar surface area (TPSA) is 83.0 Å². The monoisotopic (exact) mass is 430 g/mol. The van der Waals surface area contributed by atoms with Crippen LogP contribution in [0.3, 0.4) is 0 Å². The number of amides is 2. The predicted octanol–water partition coefficient (Wildman–Crippen LogP) is 3.98. The van der Waals surface area contributed by atoms with Crippen molar-refractivity contribution in [1.82, 2.24) is 5.43 Å². The van der Waals surface area contributed by atoms with Gasteiger partial charge in [0.1, 0.15) is 12.2 Å². The highest BCUT2D eigenvalue weighted by Crippen LogP contribution is 2.24. The minimum atomic E-state index is -0.527. The Morgan fingerprint density at radius 3 is 2.50 bits per heavy atom. The number of hydrogen-bond acceptors (Lipinski definition) is 5. The van der Waals surface area contributed by atoms with Crippen LogP contribution in [0.1, 0.15) is 31.4 Å². The smallest absolute Gasteiger partial charge is 0.249 e. The highest BCUT2D eigenvalue weighted by atomic mass is 35.5. The van der Waals surface area contributed by atoms with E-state index in [-0.39, 0.29) is 6.42 Å². The summed E-state index contributed by atoms with van der Waals surface area (Å²) in [5, 5.41) is 7.11. The number of hydrogen-bond donors (Lipinski definition) is 2. The number of nitrogens with zero attached hydrogens (tertiary/aromatic N) is 2. The van der Waals surface area contributed by atoms with Gasteiger partial charge in [0.05, 0.1) is 13.3 Å². The summed E-state index contributed by atoms with van der Waals surface area (Å²) in [5.74, 6) is -0.337. The Balaban J connectivity index is 1.93. The van der Waals surface area contributed by atoms with Gasteiger partial charge in [-0.25, -0.2) is 5.43 Å². The first-order valence-corrected chi connectivity index (χ1v) is 10.1. The molecule has 8 heteroatoms. The summed E-state index contributed by atoms with van der Waals surface area (Å²) in [4.78, 5) is 26.2. The molecule has 0 heterocycles. The molecule has 0 radical (unpaired) electrons. The summed E-state index contributed by atoms with van der Waals surface area (Å²) in [7, 11) is 1.58. The molecule has 160 valence electrons. The first-order chi connectivity index (χ1) is 14.4. The molecule has 2 rings (SSSR count). The van der Waals surface area contributed by atoms with Gasteiger partial charge in [-0.3, -0.25) is 9.59 Å². The zero-order valence-corrected chi connectivity index (χ0v) is 18.4. The van der Waals surface area contributed by atoms with E-state index in [0.717, 1.165) is 24.3 Å². The Labute approximate surface area is 182 Å². The lowest BCUT2D eigenvalue weighted by atomic mass is 10.2. The van der Waals surface area contributed by atoms with Gasteiger partial charge in [0.15, 0.2) is 0 Å². The van der Waals surface area contributed by atoms with Crippen LogP contribution in [-0.2, 0) is 9.59 Å². The molecule has 2 N–H and O–H groups in total. The molecule has 0 saturated heterocycles. The van der Waals surface area contributed by atoms with Crippen LogP contribution in [0, 0.1) is 6.92 Å². The maximum absolute atomic E-state index is 12.0. The zero-order chi connectivity index (χ0) is 22.1. The number of methoxy groups -OCH3 is 1. The molecule has 2 aromatic rings. The molecular formula is C22H27ClN4O3. The quantitative estimate of drug-likeness (QED) is 0.358. The van der Waals surface area contributed by atoms with Crippen LogP contribution in [0.15, 0.2) is 41.5 Å². The fraction of sp³-hybridized carbons (Fsp3) is 0.318. The molecule has 0 aliphatic rings. The largest absolute Gasteiger partial charge is 0.496 e. The molecule has 7 nitrogen and oxygen atoms in total. The van der Waals surface area contributed by atoms with Crippen LogP contribution in [0.2, 0.25) is 5.02 Å². The number of ether oxygens (including phenoxy) is 1. The number of anilines is 2. The summed E-state index contributed by atoms with van der Waals surface area (Å²) in [5.41, 5.74) is 5.56. The first-order valence-electron chi connectivity index (χ1n) is 9.68. The standard InChI is InChI=1S/C22H27ClN4O3/c1-5-27(6-2)18-10-8-16(20(12-18)30-4)14-24-26-22(29)13-21(28)25-17-9-7-15(3)19(23)11-17/h7-12,14H,5-6,13H2,1-4H3,(H,25,28)(H,26,29). The van der Waals surface area contributed by atoms with Crippen LogP contribution in [0.4, 0.5) is 11.4 Å². The van der Waals surface area contributed by atoms with Gasteiger partial charge < -0.3 is 15.0 Å². The minimum absolute atomic E-state index is 0.360. The van der Waals surface area contributed by atoms with E-state index < -0.39 is 11.8 Å². The SMILES string of the molecule is CCN(CC)c1ccc(C=NNC(=O)CC(=O)Nc2ccc(C)c(Cl)c2)c(OC)c1. The number of aryl methyl sites for hydroxylation is 1. The van der Waals surface area contributed by atoms with Gasteiger partial charge in [0, 0.05) is 41.1 Å². The van der Waals surface area contributed by atoms with Crippen LogP contribution in [0.25, 0.3) is 0 Å². The van der Waals surface area contributed by atoms with E-state index in [2.05, 4.69) is 34.6 Å². The maximum atomic E-state index is 12.0. The summed E-state index contributed by atoms with van der Waals surface area (Å²) in [6.07, 6.45) is 1.13. The summed E-state index contributed by atoms with van der Waals surface area (Å²) < 4.78 is 5.43. The van der Waals surface area contributed by atoms with Gasteiger partial charge >= 0.3 is 0 Å². The fourth-order valence-corrected chi connectivity index (χ4v) is 3.01. The molecule has 0 bridgehead atoms. The van der Waals surface area contributed by atoms with Gasteiger partial charge in [-0.1, -0.05) is 17.7 Å². The van der Waals surface area contributed by atoms with E-state index in [1.165, 1.54) is 6.21 Å². The second-order valence-electron chi connectivity index (χ2n) is 6.58. The Morgan fingerprint density at radius 1 is 1.13 bits per heavy atom. The van der Waals surface area contributed by atoms with Crippen molar-refractivity contribution in [1.29, 1.82) is 0 Å². The number of halogens is 1. The van der Waals surface area contributed by atoms with Gasteiger partial charge in [-0.05, 0) is 50.6 Å². The lowest BCUT2D eigenvalue weighted by Crippen LogP contribution is -2.24. The lowest BCUT2D eigenvalue weighted by molar-refractivity contribution is -0.126. The molecule has 0 spiro atoms. The third kappa shape index (κ3) is 6.49. The minimum Gasteiger partial charge on any atom is -0.496 e. The predicted molar refractivity (Wildman–Crippen MR) is 122 cm³/mol. The molecule has 0 atom stereocenters. The van der Waals surface area contributed by atoms with E-state index >= 15 is 0 Å². The van der Waals surface area contributed by atoms with Crippen molar-refractivity contribution in [3.05, 3.63) is 52.5 Å². The van der Waals surface area contributed by atoms with Crippen molar-refractivity contribution >= 4 is 41.0 Å². The van der Waals surface area contributed by atoms with Gasteiger partial charge in [0.25, 0.3) is 0 Å². The first kappa shape index (κ1) is 23.2. The third-order valence-electron chi connectivity index (χ3n) is 4.52. The Morgan fingerprint density at radius 2 is 1.87 bits per heavy atom. The average molecular weight is 431 g/mol. The Kier molecular flexibility index (Phi) is 8.68. The molecule has 0 saturated carbocycles. The van der Waals surface area contributed by atoms with Crippen LogP contribution >= 0.6 is 11.6 Å². The second kappa shape index (κ2) is 11.2. The molecule has 0 aliphatic heterocycles. The molecule has 0 aromatic heterocycles. The van der Waals surface area contributed by atoms with E-state index in [4.69, 9.17) is 16.3 Å². The van der Waals surface area contributed by atoms with Crippen molar-refractivity contribution in [2.75, 3.05) is 30.4 Å². The van der Waals surface area contributed by atoms with E-state index in [1.807, 2.05) is 25.1 Å². The van der Waals surface area contributed by atoms with E-state index in [0.29, 0.717) is 22.0 Å². The van der Waals surface area contributed by atoms with E-state index in [1.54, 1.807) is 25.3 Å². The highest BCUT2D eigenvalue weighted by Gasteiger charge is 2.10. The number of hydrazone groups is 1. The summed E-state index contributed by atoms with van der Waals surface area (Å²) in [6.45, 7) is 7.82. The van der Waals surface area contributed by atoms with Gasteiger partial charge in [-0.2, -0.15) is 5.10 Å². The molecule has 2 amide bonds. The van der Waals surface area contributed by atoms with Crippen molar-refractivity contribution in [3.63, 3.8) is 0 Å². The number of carbonyl (C=O) groups is 2.